The number of hydrogen-bond acceptors (Lipinski definition) is 3. The number of carbonyl (C=O) groups excluding carboxylic acids is 1. The largest absolute Gasteiger partial charge is 0.468 e. The van der Waals surface area contributed by atoms with Crippen molar-refractivity contribution in [2.24, 2.45) is 7.05 Å². The highest BCUT2D eigenvalue weighted by Crippen LogP contribution is 2.07. The van der Waals surface area contributed by atoms with Gasteiger partial charge in [-0.1, -0.05) is 6.92 Å². The number of carbonyl (C=O) groups is 1. The van der Waals surface area contributed by atoms with Crippen LogP contribution in [0.2, 0.25) is 0 Å². The molecule has 0 aliphatic heterocycles. The first-order valence-electron chi connectivity index (χ1n) is 6.10. The Labute approximate surface area is 107 Å². The number of aromatic nitrogens is 1. The van der Waals surface area contributed by atoms with E-state index < -0.39 is 0 Å². The molecule has 0 amide bonds. The van der Waals surface area contributed by atoms with Gasteiger partial charge in [-0.3, -0.25) is 9.69 Å². The molecule has 0 N–H and O–H groups in total. The summed E-state index contributed by atoms with van der Waals surface area (Å²) >= 11 is 0. The fourth-order valence-corrected chi connectivity index (χ4v) is 1.94. The highest BCUT2D eigenvalue weighted by atomic mass is 16.3. The maximum Gasteiger partial charge on any atom is 0.193 e. The minimum absolute atomic E-state index is 0.135. The fraction of sp³-hybridized carbons (Fsp3) is 0.357. The van der Waals surface area contributed by atoms with E-state index in [1.807, 2.05) is 49.0 Å². The van der Waals surface area contributed by atoms with Gasteiger partial charge in [0.05, 0.1) is 25.0 Å². The van der Waals surface area contributed by atoms with Crippen LogP contribution in [0, 0.1) is 0 Å². The van der Waals surface area contributed by atoms with Crippen molar-refractivity contribution in [3.8, 4) is 0 Å². The average molecular weight is 246 g/mol. The van der Waals surface area contributed by atoms with Crippen LogP contribution in [0.15, 0.2) is 41.1 Å². The standard InChI is InChI=1S/C14H18N2O2/c1-3-16(10-12-6-5-9-18-12)11-14(17)13-7-4-8-15(13)2/h4-9H,3,10-11H2,1-2H3. The smallest absolute Gasteiger partial charge is 0.193 e. The summed E-state index contributed by atoms with van der Waals surface area (Å²) in [5.41, 5.74) is 0.743. The maximum atomic E-state index is 12.1. The molecular formula is C14H18N2O2. The van der Waals surface area contributed by atoms with E-state index in [9.17, 15) is 4.79 Å². The van der Waals surface area contributed by atoms with E-state index in [0.717, 1.165) is 18.0 Å². The summed E-state index contributed by atoms with van der Waals surface area (Å²) in [7, 11) is 1.88. The van der Waals surface area contributed by atoms with Gasteiger partial charge < -0.3 is 8.98 Å². The third kappa shape index (κ3) is 2.90. The van der Waals surface area contributed by atoms with Crippen LogP contribution >= 0.6 is 0 Å². The first-order valence-corrected chi connectivity index (χ1v) is 6.10. The minimum atomic E-state index is 0.135. The van der Waals surface area contributed by atoms with Crippen molar-refractivity contribution in [3.05, 3.63) is 48.2 Å². The van der Waals surface area contributed by atoms with Crippen LogP contribution < -0.4 is 0 Å². The van der Waals surface area contributed by atoms with Crippen molar-refractivity contribution < 1.29 is 9.21 Å². The summed E-state index contributed by atoms with van der Waals surface area (Å²) < 4.78 is 7.15. The molecule has 2 rings (SSSR count). The van der Waals surface area contributed by atoms with E-state index in [-0.39, 0.29) is 5.78 Å². The van der Waals surface area contributed by atoms with E-state index >= 15 is 0 Å². The number of ketones is 1. The second kappa shape index (κ2) is 5.69. The van der Waals surface area contributed by atoms with Crippen LogP contribution in [0.1, 0.15) is 23.2 Å². The zero-order valence-electron chi connectivity index (χ0n) is 10.8. The number of rotatable bonds is 6. The molecule has 0 saturated heterocycles. The van der Waals surface area contributed by atoms with E-state index in [1.165, 1.54) is 0 Å². The molecule has 4 nitrogen and oxygen atoms in total. The number of furan rings is 1. The molecule has 0 aromatic carbocycles. The lowest BCUT2D eigenvalue weighted by molar-refractivity contribution is 0.0917. The van der Waals surface area contributed by atoms with Gasteiger partial charge in [-0.2, -0.15) is 0 Å². The lowest BCUT2D eigenvalue weighted by Gasteiger charge is -2.18. The monoisotopic (exact) mass is 246 g/mol. The summed E-state index contributed by atoms with van der Waals surface area (Å²) in [6, 6.07) is 7.52. The first kappa shape index (κ1) is 12.6. The van der Waals surface area contributed by atoms with Crippen LogP contribution in [0.3, 0.4) is 0 Å². The molecule has 0 fully saturated rings. The van der Waals surface area contributed by atoms with Gasteiger partial charge in [0, 0.05) is 13.2 Å². The third-order valence-corrected chi connectivity index (χ3v) is 3.00. The van der Waals surface area contributed by atoms with Gasteiger partial charge in [0.15, 0.2) is 5.78 Å². The quantitative estimate of drug-likeness (QED) is 0.734. The summed E-state index contributed by atoms with van der Waals surface area (Å²) in [5.74, 6) is 1.02. The third-order valence-electron chi connectivity index (χ3n) is 3.00. The summed E-state index contributed by atoms with van der Waals surface area (Å²) in [4.78, 5) is 14.2. The lowest BCUT2D eigenvalue weighted by atomic mass is 10.2. The van der Waals surface area contributed by atoms with Crippen molar-refractivity contribution in [2.75, 3.05) is 13.1 Å². The molecule has 0 saturated carbocycles. The molecule has 0 radical (unpaired) electrons. The van der Waals surface area contributed by atoms with E-state index in [1.54, 1.807) is 6.26 Å². The van der Waals surface area contributed by atoms with Crippen molar-refractivity contribution in [3.63, 3.8) is 0 Å². The molecule has 0 aliphatic carbocycles. The zero-order valence-corrected chi connectivity index (χ0v) is 10.8. The second-order valence-corrected chi connectivity index (χ2v) is 4.31. The Balaban J connectivity index is 1.98. The molecule has 0 unspecified atom stereocenters. The van der Waals surface area contributed by atoms with Gasteiger partial charge in [-0.15, -0.1) is 0 Å². The van der Waals surface area contributed by atoms with E-state index in [0.29, 0.717) is 13.1 Å². The Kier molecular flexibility index (Phi) is 3.99. The van der Waals surface area contributed by atoms with Crippen LogP contribution in [-0.4, -0.2) is 28.3 Å². The van der Waals surface area contributed by atoms with Gasteiger partial charge in [0.1, 0.15) is 5.76 Å². The molecular weight excluding hydrogens is 228 g/mol. The van der Waals surface area contributed by atoms with Gasteiger partial charge in [0.25, 0.3) is 0 Å². The van der Waals surface area contributed by atoms with Crippen molar-refractivity contribution >= 4 is 5.78 Å². The van der Waals surface area contributed by atoms with Crippen LogP contribution in [0.4, 0.5) is 0 Å². The summed E-state index contributed by atoms with van der Waals surface area (Å²) in [6.07, 6.45) is 3.54. The molecule has 0 spiro atoms. The molecule has 2 aromatic rings. The summed E-state index contributed by atoms with van der Waals surface area (Å²) in [6.45, 7) is 3.94. The SMILES string of the molecule is CCN(CC(=O)c1cccn1C)Cc1ccco1. The van der Waals surface area contributed by atoms with Gasteiger partial charge in [0.2, 0.25) is 0 Å². The van der Waals surface area contributed by atoms with Gasteiger partial charge >= 0.3 is 0 Å². The zero-order chi connectivity index (χ0) is 13.0. The molecule has 0 atom stereocenters. The molecule has 0 bridgehead atoms. The molecule has 18 heavy (non-hydrogen) atoms. The van der Waals surface area contributed by atoms with Crippen LogP contribution in [0.5, 0.6) is 0 Å². The topological polar surface area (TPSA) is 38.4 Å². The predicted octanol–water partition coefficient (Wildman–Crippen LogP) is 2.32. The molecule has 96 valence electrons. The fourth-order valence-electron chi connectivity index (χ4n) is 1.94. The Bertz CT molecular complexity index is 500. The molecule has 2 aromatic heterocycles. The number of likely N-dealkylation sites (N-methyl/N-ethyl adjacent to an activating group) is 1. The molecule has 4 heteroatoms. The van der Waals surface area contributed by atoms with Crippen molar-refractivity contribution in [2.45, 2.75) is 13.5 Å². The van der Waals surface area contributed by atoms with Crippen LogP contribution in [-0.2, 0) is 13.6 Å². The highest BCUT2D eigenvalue weighted by Gasteiger charge is 2.14. The molecule has 0 aliphatic rings. The van der Waals surface area contributed by atoms with Crippen molar-refractivity contribution in [1.82, 2.24) is 9.47 Å². The van der Waals surface area contributed by atoms with E-state index in [4.69, 9.17) is 4.42 Å². The van der Waals surface area contributed by atoms with Gasteiger partial charge in [-0.25, -0.2) is 0 Å². The lowest BCUT2D eigenvalue weighted by Crippen LogP contribution is -2.30. The van der Waals surface area contributed by atoms with Crippen LogP contribution in [0.25, 0.3) is 0 Å². The Morgan fingerprint density at radius 2 is 2.22 bits per heavy atom. The van der Waals surface area contributed by atoms with E-state index in [2.05, 4.69) is 4.90 Å². The second-order valence-electron chi connectivity index (χ2n) is 4.31. The number of hydrogen-bond donors (Lipinski definition) is 0. The van der Waals surface area contributed by atoms with Crippen molar-refractivity contribution in [1.29, 1.82) is 0 Å². The summed E-state index contributed by atoms with van der Waals surface area (Å²) in [5, 5.41) is 0. The number of nitrogens with zero attached hydrogens (tertiary/aromatic N) is 2. The normalized spacial score (nSPS) is 11.1. The number of aryl methyl sites for hydroxylation is 1. The predicted molar refractivity (Wildman–Crippen MR) is 69.4 cm³/mol. The highest BCUT2D eigenvalue weighted by molar-refractivity contribution is 5.96. The Morgan fingerprint density at radius 3 is 2.78 bits per heavy atom. The van der Waals surface area contributed by atoms with Gasteiger partial charge in [-0.05, 0) is 30.8 Å². The first-order chi connectivity index (χ1) is 8.70. The Morgan fingerprint density at radius 1 is 1.39 bits per heavy atom. The minimum Gasteiger partial charge on any atom is -0.468 e. The number of Topliss-reactive ketones (excluding diaryl/α,β-unsaturated/α-hetero) is 1. The Hall–Kier alpha value is -1.81. The average Bonchev–Trinajstić information content (AvgIpc) is 2.99. The molecule has 2 heterocycles. The maximum absolute atomic E-state index is 12.1.